The number of fused-ring (bicyclic) bond motifs is 3. The molecule has 158 valence electrons. The normalized spacial score (nSPS) is 19.2. The molecular formula is C16H8ClF6N5OS. The summed E-state index contributed by atoms with van der Waals surface area (Å²) in [5, 5.41) is 24.0. The van der Waals surface area contributed by atoms with E-state index in [1.54, 1.807) is 6.07 Å². The number of hydrogen-bond acceptors (Lipinski definition) is 5. The largest absolute Gasteiger partial charge is 0.604 e. The van der Waals surface area contributed by atoms with Crippen LogP contribution in [0.1, 0.15) is 30.2 Å². The van der Waals surface area contributed by atoms with Gasteiger partial charge in [0.2, 0.25) is 10.6 Å². The number of nitrogens with zero attached hydrogens (tertiary/aromatic N) is 4. The molecule has 2 aromatic rings. The molecule has 0 amide bonds. The number of halogens is 7. The first-order valence-electron chi connectivity index (χ1n) is 7.83. The molecule has 6 nitrogen and oxygen atoms in total. The van der Waals surface area contributed by atoms with E-state index in [2.05, 4.69) is 10.4 Å². The molecule has 30 heavy (non-hydrogen) atoms. The Bertz CT molecular complexity index is 1120. The van der Waals surface area contributed by atoms with Crippen LogP contribution in [0.2, 0.25) is 5.02 Å². The highest BCUT2D eigenvalue weighted by atomic mass is 35.5. The fourth-order valence-corrected chi connectivity index (χ4v) is 4.17. The first-order valence-corrected chi connectivity index (χ1v) is 9.36. The second-order valence-electron chi connectivity index (χ2n) is 6.41. The first-order chi connectivity index (χ1) is 13.7. The molecule has 0 aliphatic carbocycles. The van der Waals surface area contributed by atoms with Crippen molar-refractivity contribution in [3.63, 3.8) is 0 Å². The zero-order chi connectivity index (χ0) is 22.6. The predicted octanol–water partition coefficient (Wildman–Crippen LogP) is 4.60. The first kappa shape index (κ1) is 22.1. The van der Waals surface area contributed by atoms with Crippen LogP contribution >= 0.6 is 11.6 Å². The number of anilines is 1. The lowest BCUT2D eigenvalue weighted by Crippen LogP contribution is -2.39. The van der Waals surface area contributed by atoms with Crippen LogP contribution in [-0.4, -0.2) is 19.8 Å². The van der Waals surface area contributed by atoms with Crippen LogP contribution in [0.15, 0.2) is 17.0 Å². The quantitative estimate of drug-likeness (QED) is 0.514. The van der Waals surface area contributed by atoms with Crippen LogP contribution in [0.25, 0.3) is 5.69 Å². The van der Waals surface area contributed by atoms with Crippen molar-refractivity contribution >= 4 is 28.6 Å². The summed E-state index contributed by atoms with van der Waals surface area (Å²) in [5.74, 6) is -0.547. The van der Waals surface area contributed by atoms with E-state index < -0.39 is 61.8 Å². The molecule has 3 rings (SSSR count). The molecule has 1 aliphatic heterocycles. The summed E-state index contributed by atoms with van der Waals surface area (Å²) in [7, 11) is 0. The zero-order valence-corrected chi connectivity index (χ0v) is 16.2. The minimum absolute atomic E-state index is 0.173. The van der Waals surface area contributed by atoms with E-state index in [1.165, 1.54) is 13.0 Å². The molecule has 0 spiro atoms. The summed E-state index contributed by atoms with van der Waals surface area (Å²) < 4.78 is 91.9. The number of benzene rings is 1. The number of alkyl halides is 6. The van der Waals surface area contributed by atoms with Crippen molar-refractivity contribution in [1.29, 1.82) is 10.5 Å². The summed E-state index contributed by atoms with van der Waals surface area (Å²) in [6.45, 7) is 1.27. The summed E-state index contributed by atoms with van der Waals surface area (Å²) in [4.78, 5) is -1.00. The van der Waals surface area contributed by atoms with Gasteiger partial charge in [0.1, 0.15) is 17.2 Å². The van der Waals surface area contributed by atoms with Crippen LogP contribution in [0.4, 0.5) is 32.2 Å². The van der Waals surface area contributed by atoms with Crippen molar-refractivity contribution < 1.29 is 30.9 Å². The molecule has 1 aliphatic rings. The van der Waals surface area contributed by atoms with E-state index in [9.17, 15) is 36.2 Å². The zero-order valence-electron chi connectivity index (χ0n) is 14.6. The smallest absolute Gasteiger partial charge is 0.578 e. The number of rotatable bonds is 2. The minimum Gasteiger partial charge on any atom is -0.604 e. The van der Waals surface area contributed by atoms with E-state index in [-0.39, 0.29) is 11.3 Å². The molecule has 0 bridgehead atoms. The van der Waals surface area contributed by atoms with Gasteiger partial charge < -0.3 is 9.87 Å². The van der Waals surface area contributed by atoms with E-state index in [4.69, 9.17) is 16.9 Å². The number of nitrogens with one attached hydrogen (secondary N) is 1. The fourth-order valence-electron chi connectivity index (χ4n) is 3.06. The molecule has 2 heterocycles. The third-order valence-electron chi connectivity index (χ3n) is 4.37. The summed E-state index contributed by atoms with van der Waals surface area (Å²) >= 11 is 2.35. The monoisotopic (exact) mass is 467 g/mol. The Balaban J connectivity index is 2.40. The molecule has 2 unspecified atom stereocenters. The van der Waals surface area contributed by atoms with Crippen molar-refractivity contribution in [1.82, 2.24) is 9.78 Å². The van der Waals surface area contributed by atoms with E-state index in [0.717, 1.165) is 0 Å². The average molecular weight is 468 g/mol. The molecule has 0 saturated heterocycles. The molecule has 14 heteroatoms. The highest BCUT2D eigenvalue weighted by Crippen LogP contribution is 2.48. The molecule has 1 aromatic carbocycles. The highest BCUT2D eigenvalue weighted by molar-refractivity contribution is 7.92. The number of hydrogen-bond donors (Lipinski definition) is 1. The van der Waals surface area contributed by atoms with Gasteiger partial charge >= 0.3 is 11.7 Å². The molecule has 0 radical (unpaired) electrons. The lowest BCUT2D eigenvalue weighted by Gasteiger charge is -2.37. The van der Waals surface area contributed by atoms with Gasteiger partial charge in [0.25, 0.3) is 0 Å². The molecule has 1 N–H and O–H groups in total. The Morgan fingerprint density at radius 1 is 1.27 bits per heavy atom. The molecule has 0 fully saturated rings. The highest BCUT2D eigenvalue weighted by Gasteiger charge is 2.52. The van der Waals surface area contributed by atoms with Gasteiger partial charge in [-0.2, -0.15) is 23.7 Å². The number of aromatic nitrogens is 2. The lowest BCUT2D eigenvalue weighted by molar-refractivity contribution is -0.137. The van der Waals surface area contributed by atoms with Crippen molar-refractivity contribution in [3.8, 4) is 17.8 Å². The third kappa shape index (κ3) is 3.43. The Morgan fingerprint density at radius 2 is 1.90 bits per heavy atom. The van der Waals surface area contributed by atoms with Crippen molar-refractivity contribution in [2.24, 2.45) is 0 Å². The molecule has 2 atom stereocenters. The van der Waals surface area contributed by atoms with E-state index in [1.807, 2.05) is 0 Å². The fraction of sp³-hybridized carbons (Fsp3) is 0.312. The van der Waals surface area contributed by atoms with E-state index in [0.29, 0.717) is 16.8 Å². The van der Waals surface area contributed by atoms with Gasteiger partial charge in [0.15, 0.2) is 5.82 Å². The molecule has 1 aromatic heterocycles. The summed E-state index contributed by atoms with van der Waals surface area (Å²) in [6.07, 6.45) is -5.28. The molecular weight excluding hydrogens is 460 g/mol. The Kier molecular flexibility index (Phi) is 5.13. The topological polar surface area (TPSA) is 100 Å². The van der Waals surface area contributed by atoms with Gasteiger partial charge in [0.05, 0.1) is 34.3 Å². The SMILES string of the molecule is CC1(CC#N)Nc2c([S+]([O-])C(F)(F)F)c(C#N)nn2-c2c(Cl)cc(C(F)(F)F)cc21. The van der Waals surface area contributed by atoms with Gasteiger partial charge in [-0.05, 0) is 19.1 Å². The Hall–Kier alpha value is -2.61. The van der Waals surface area contributed by atoms with E-state index >= 15 is 0 Å². The van der Waals surface area contributed by atoms with Crippen LogP contribution in [-0.2, 0) is 22.9 Å². The Morgan fingerprint density at radius 3 is 2.40 bits per heavy atom. The molecule has 0 saturated carbocycles. The minimum atomic E-state index is -5.24. The summed E-state index contributed by atoms with van der Waals surface area (Å²) in [5.41, 5.74) is -9.31. The van der Waals surface area contributed by atoms with Gasteiger partial charge in [-0.15, -0.1) is 18.3 Å². The Labute approximate surface area is 172 Å². The van der Waals surface area contributed by atoms with Crippen LogP contribution in [0.3, 0.4) is 0 Å². The van der Waals surface area contributed by atoms with Gasteiger partial charge in [-0.3, -0.25) is 0 Å². The lowest BCUT2D eigenvalue weighted by atomic mass is 9.85. The maximum atomic E-state index is 13.3. The van der Waals surface area contributed by atoms with Crippen LogP contribution in [0, 0.1) is 22.7 Å². The second kappa shape index (κ2) is 6.97. The van der Waals surface area contributed by atoms with Gasteiger partial charge in [0, 0.05) is 5.56 Å². The van der Waals surface area contributed by atoms with Gasteiger partial charge in [-0.25, -0.2) is 4.68 Å². The van der Waals surface area contributed by atoms with Crippen molar-refractivity contribution in [2.45, 2.75) is 35.5 Å². The maximum Gasteiger partial charge on any atom is 0.578 e. The number of nitriles is 2. The van der Waals surface area contributed by atoms with Crippen LogP contribution in [0.5, 0.6) is 0 Å². The van der Waals surface area contributed by atoms with Crippen molar-refractivity contribution in [3.05, 3.63) is 34.0 Å². The van der Waals surface area contributed by atoms with Crippen LogP contribution < -0.4 is 5.32 Å². The third-order valence-corrected chi connectivity index (χ3v) is 5.83. The average Bonchev–Trinajstić information content (AvgIpc) is 2.97. The van der Waals surface area contributed by atoms with Gasteiger partial charge in [-0.1, -0.05) is 11.6 Å². The maximum absolute atomic E-state index is 13.3. The summed E-state index contributed by atoms with van der Waals surface area (Å²) in [6, 6.07) is 4.39. The standard InChI is InChI=1S/C16H8ClF6N5OS/c1-14(2-3-24)8-4-7(15(18,19)20)5-9(17)11(8)28-13(26-14)12(10(6-25)27-28)30(29)16(21,22)23/h4-5,26H,2H2,1H3. The second-order valence-corrected chi connectivity index (χ2v) is 8.22. The van der Waals surface area contributed by atoms with Crippen molar-refractivity contribution in [2.75, 3.05) is 5.32 Å². The predicted molar refractivity (Wildman–Crippen MR) is 92.0 cm³/mol.